The van der Waals surface area contributed by atoms with Gasteiger partial charge in [-0.1, -0.05) is 49.4 Å². The fourth-order valence-corrected chi connectivity index (χ4v) is 4.70. The molecule has 0 atom stereocenters. The number of benzene rings is 1. The molecule has 1 aliphatic heterocycles. The second-order valence-electron chi connectivity index (χ2n) is 8.36. The number of carbonyl (C=O) groups is 2. The van der Waals surface area contributed by atoms with Gasteiger partial charge in [-0.05, 0) is 37.7 Å². The summed E-state index contributed by atoms with van der Waals surface area (Å²) in [5, 5.41) is 1.82. The molecule has 2 aromatic rings. The van der Waals surface area contributed by atoms with Crippen molar-refractivity contribution in [1.82, 2.24) is 9.47 Å². The van der Waals surface area contributed by atoms with E-state index in [9.17, 15) is 14.4 Å². The predicted octanol–water partition coefficient (Wildman–Crippen LogP) is 3.93. The lowest BCUT2D eigenvalue weighted by atomic mass is 9.88. The molecule has 0 unspecified atom stereocenters. The van der Waals surface area contributed by atoms with Gasteiger partial charge in [0.1, 0.15) is 0 Å². The van der Waals surface area contributed by atoms with E-state index < -0.39 is 0 Å². The van der Waals surface area contributed by atoms with Gasteiger partial charge in [0, 0.05) is 48.6 Å². The van der Waals surface area contributed by atoms with Crippen molar-refractivity contribution in [3.63, 3.8) is 0 Å². The minimum Gasteiger partial charge on any atom is -0.343 e. The first-order valence-electron chi connectivity index (χ1n) is 10.4. The largest absolute Gasteiger partial charge is 0.343 e. The molecule has 1 fully saturated rings. The highest BCUT2D eigenvalue weighted by Gasteiger charge is 2.27. The summed E-state index contributed by atoms with van der Waals surface area (Å²) in [4.78, 5) is 38.9. The summed E-state index contributed by atoms with van der Waals surface area (Å²) in [5.74, 6) is 0.831. The fourth-order valence-electron chi connectivity index (χ4n) is 3.94. The standard InChI is InChI=1S/C23H30N2O3S/c1-16(2)14-18-4-6-19(7-5-18)22(27)20-8-11-24(12-9-20)21(26)10-13-25-17(3)15-29-23(25)28/h4-7,15-16,20H,8-14H2,1-3H3. The number of rotatable bonds is 7. The number of carbonyl (C=O) groups excluding carboxylic acids is 2. The van der Waals surface area contributed by atoms with E-state index in [2.05, 4.69) is 26.0 Å². The maximum Gasteiger partial charge on any atom is 0.307 e. The molecular formula is C23H30N2O3S. The van der Waals surface area contributed by atoms with Crippen molar-refractivity contribution in [3.05, 3.63) is 56.1 Å². The molecule has 1 amide bonds. The lowest BCUT2D eigenvalue weighted by molar-refractivity contribution is -0.132. The van der Waals surface area contributed by atoms with Gasteiger partial charge in [0.2, 0.25) is 5.91 Å². The van der Waals surface area contributed by atoms with Gasteiger partial charge in [-0.2, -0.15) is 0 Å². The number of hydrogen-bond donors (Lipinski definition) is 0. The third kappa shape index (κ3) is 5.44. The van der Waals surface area contributed by atoms with E-state index in [1.54, 1.807) is 4.57 Å². The van der Waals surface area contributed by atoms with Crippen molar-refractivity contribution in [3.8, 4) is 0 Å². The zero-order valence-corrected chi connectivity index (χ0v) is 18.3. The second kappa shape index (κ2) is 9.53. The Bertz CT molecular complexity index is 903. The number of Topliss-reactive ketones (excluding diaryl/α,β-unsaturated/α-hetero) is 1. The van der Waals surface area contributed by atoms with Gasteiger partial charge in [-0.15, -0.1) is 0 Å². The first kappa shape index (κ1) is 21.5. The molecule has 0 radical (unpaired) electrons. The number of likely N-dealkylation sites (tertiary alicyclic amines) is 1. The molecule has 2 heterocycles. The molecule has 0 spiro atoms. The third-order valence-corrected chi connectivity index (χ3v) is 6.51. The van der Waals surface area contributed by atoms with Crippen LogP contribution in [0.15, 0.2) is 34.4 Å². The van der Waals surface area contributed by atoms with E-state index in [1.807, 2.05) is 29.3 Å². The van der Waals surface area contributed by atoms with Crippen LogP contribution in [-0.2, 0) is 17.8 Å². The first-order valence-corrected chi connectivity index (χ1v) is 11.3. The Morgan fingerprint density at radius 3 is 2.34 bits per heavy atom. The summed E-state index contributed by atoms with van der Waals surface area (Å²) in [5.41, 5.74) is 2.93. The molecule has 1 aliphatic rings. The molecule has 29 heavy (non-hydrogen) atoms. The number of thiazole rings is 1. The van der Waals surface area contributed by atoms with Crippen molar-refractivity contribution in [2.75, 3.05) is 13.1 Å². The average Bonchev–Trinajstić information content (AvgIpc) is 3.03. The average molecular weight is 415 g/mol. The monoisotopic (exact) mass is 414 g/mol. The summed E-state index contributed by atoms with van der Waals surface area (Å²) in [6.45, 7) is 7.90. The molecule has 156 valence electrons. The highest BCUT2D eigenvalue weighted by atomic mass is 32.1. The highest BCUT2D eigenvalue weighted by Crippen LogP contribution is 2.23. The zero-order valence-electron chi connectivity index (χ0n) is 17.5. The van der Waals surface area contributed by atoms with Crippen molar-refractivity contribution in [2.45, 2.75) is 53.0 Å². The number of nitrogens with zero attached hydrogens (tertiary/aromatic N) is 2. The molecule has 1 saturated heterocycles. The van der Waals surface area contributed by atoms with E-state index in [0.29, 0.717) is 44.8 Å². The topological polar surface area (TPSA) is 59.4 Å². The smallest absolute Gasteiger partial charge is 0.307 e. The van der Waals surface area contributed by atoms with Gasteiger partial charge in [0.15, 0.2) is 5.78 Å². The van der Waals surface area contributed by atoms with Crippen molar-refractivity contribution < 1.29 is 9.59 Å². The molecule has 0 saturated carbocycles. The van der Waals surface area contributed by atoms with Crippen LogP contribution in [0.3, 0.4) is 0 Å². The Morgan fingerprint density at radius 1 is 1.14 bits per heavy atom. The van der Waals surface area contributed by atoms with Crippen LogP contribution < -0.4 is 4.87 Å². The van der Waals surface area contributed by atoms with Crippen molar-refractivity contribution >= 4 is 23.0 Å². The van der Waals surface area contributed by atoms with E-state index in [0.717, 1.165) is 17.7 Å². The molecule has 3 rings (SSSR count). The van der Waals surface area contributed by atoms with E-state index >= 15 is 0 Å². The van der Waals surface area contributed by atoms with Crippen LogP contribution in [-0.4, -0.2) is 34.2 Å². The Labute approximate surface area is 176 Å². The summed E-state index contributed by atoms with van der Waals surface area (Å²) in [6, 6.07) is 8.00. The second-order valence-corrected chi connectivity index (χ2v) is 9.18. The number of ketones is 1. The van der Waals surface area contributed by atoms with E-state index in [4.69, 9.17) is 0 Å². The normalized spacial score (nSPS) is 15.1. The van der Waals surface area contributed by atoms with Gasteiger partial charge in [-0.3, -0.25) is 14.4 Å². The Balaban J connectivity index is 1.50. The maximum absolute atomic E-state index is 12.8. The quantitative estimate of drug-likeness (QED) is 0.645. The Kier molecular flexibility index (Phi) is 7.06. The van der Waals surface area contributed by atoms with Gasteiger partial charge in [0.25, 0.3) is 0 Å². The summed E-state index contributed by atoms with van der Waals surface area (Å²) in [7, 11) is 0. The minimum atomic E-state index is -0.0169. The lowest BCUT2D eigenvalue weighted by Crippen LogP contribution is -2.40. The van der Waals surface area contributed by atoms with Gasteiger partial charge >= 0.3 is 4.87 Å². The maximum atomic E-state index is 12.8. The number of amides is 1. The van der Waals surface area contributed by atoms with Crippen LogP contribution in [0.2, 0.25) is 0 Å². The van der Waals surface area contributed by atoms with Crippen LogP contribution in [0, 0.1) is 18.8 Å². The summed E-state index contributed by atoms with van der Waals surface area (Å²) < 4.78 is 1.65. The molecular weight excluding hydrogens is 384 g/mol. The van der Waals surface area contributed by atoms with E-state index in [-0.39, 0.29) is 22.5 Å². The van der Waals surface area contributed by atoms with Gasteiger partial charge < -0.3 is 9.47 Å². The Morgan fingerprint density at radius 2 is 1.79 bits per heavy atom. The molecule has 6 heteroatoms. The van der Waals surface area contributed by atoms with Crippen LogP contribution in [0.25, 0.3) is 0 Å². The van der Waals surface area contributed by atoms with Crippen LogP contribution in [0.5, 0.6) is 0 Å². The first-order chi connectivity index (χ1) is 13.8. The number of hydrogen-bond acceptors (Lipinski definition) is 4. The van der Waals surface area contributed by atoms with Crippen LogP contribution in [0.4, 0.5) is 0 Å². The third-order valence-electron chi connectivity index (χ3n) is 5.63. The van der Waals surface area contributed by atoms with E-state index in [1.165, 1.54) is 16.9 Å². The lowest BCUT2D eigenvalue weighted by Gasteiger charge is -2.31. The number of aromatic nitrogens is 1. The van der Waals surface area contributed by atoms with Crippen molar-refractivity contribution in [1.29, 1.82) is 0 Å². The van der Waals surface area contributed by atoms with Crippen LogP contribution in [0.1, 0.15) is 54.7 Å². The molecule has 0 bridgehead atoms. The molecule has 1 aromatic carbocycles. The van der Waals surface area contributed by atoms with Crippen LogP contribution >= 0.6 is 11.3 Å². The molecule has 1 aromatic heterocycles. The number of aryl methyl sites for hydroxylation is 1. The van der Waals surface area contributed by atoms with Gasteiger partial charge in [0.05, 0.1) is 0 Å². The van der Waals surface area contributed by atoms with Gasteiger partial charge in [-0.25, -0.2) is 0 Å². The fraction of sp³-hybridized carbons (Fsp3) is 0.522. The number of piperidine rings is 1. The SMILES string of the molecule is Cc1csc(=O)n1CCC(=O)N1CCC(C(=O)c2ccc(CC(C)C)cc2)CC1. The van der Waals surface area contributed by atoms with Crippen molar-refractivity contribution in [2.24, 2.45) is 11.8 Å². The highest BCUT2D eigenvalue weighted by molar-refractivity contribution is 7.07. The predicted molar refractivity (Wildman–Crippen MR) is 117 cm³/mol. The zero-order chi connectivity index (χ0) is 21.0. The summed E-state index contributed by atoms with van der Waals surface area (Å²) in [6.07, 6.45) is 2.75. The summed E-state index contributed by atoms with van der Waals surface area (Å²) >= 11 is 1.17. The Hall–Kier alpha value is -2.21. The molecule has 5 nitrogen and oxygen atoms in total. The molecule has 0 aliphatic carbocycles. The minimum absolute atomic E-state index is 0.0148. The molecule has 0 N–H and O–H groups in total.